The Bertz CT molecular complexity index is 587. The number of benzene rings is 1. The monoisotopic (exact) mass is 320 g/mol. The Labute approximate surface area is 124 Å². The number of nitrogens with two attached hydrogens (primary N) is 1. The fourth-order valence-corrected chi connectivity index (χ4v) is 1.76. The lowest BCUT2D eigenvalue weighted by Gasteiger charge is -2.17. The molecule has 22 heavy (non-hydrogen) atoms. The number of carbonyl (C=O) groups is 2. The third-order valence-electron chi connectivity index (χ3n) is 2.93. The lowest BCUT2D eigenvalue weighted by Crippen LogP contribution is -2.40. The van der Waals surface area contributed by atoms with E-state index in [1.807, 2.05) is 0 Å². The van der Waals surface area contributed by atoms with E-state index >= 15 is 0 Å². The van der Waals surface area contributed by atoms with Gasteiger partial charge < -0.3 is 20.9 Å². The van der Waals surface area contributed by atoms with E-state index in [1.165, 1.54) is 6.92 Å². The summed E-state index contributed by atoms with van der Waals surface area (Å²) in [6, 6.07) is 0.196. The van der Waals surface area contributed by atoms with Gasteiger partial charge in [0.1, 0.15) is 11.8 Å². The van der Waals surface area contributed by atoms with Crippen LogP contribution < -0.4 is 15.8 Å². The number of carboxylic acids is 1. The van der Waals surface area contributed by atoms with Gasteiger partial charge >= 0.3 is 12.1 Å². The van der Waals surface area contributed by atoms with Crippen molar-refractivity contribution in [1.82, 2.24) is 5.32 Å². The minimum atomic E-state index is -4.75. The largest absolute Gasteiger partial charge is 0.496 e. The highest BCUT2D eigenvalue weighted by Gasteiger charge is 2.35. The number of nitrogens with one attached hydrogen (secondary N) is 1. The second-order valence-electron chi connectivity index (χ2n) is 4.41. The van der Waals surface area contributed by atoms with Gasteiger partial charge in [-0.3, -0.25) is 4.79 Å². The standard InChI is InChI=1S/C13H15F3N2O4/c1-3-9(12(20)21)18-11(19)6-4-7(13(14,15)16)8(17)5-10(6)22-2/h4-5,9H,3,17H2,1-2H3,(H,18,19)(H,20,21)/t9-/m1/s1. The van der Waals surface area contributed by atoms with Gasteiger partial charge in [-0.2, -0.15) is 13.2 Å². The van der Waals surface area contributed by atoms with Gasteiger partial charge in [0.2, 0.25) is 0 Å². The first-order valence-electron chi connectivity index (χ1n) is 6.20. The summed E-state index contributed by atoms with van der Waals surface area (Å²) in [4.78, 5) is 22.9. The number of carboxylic acid groups (broad SMARTS) is 1. The lowest BCUT2D eigenvalue weighted by molar-refractivity contribution is -0.139. The van der Waals surface area contributed by atoms with Crippen molar-refractivity contribution in [3.63, 3.8) is 0 Å². The highest BCUT2D eigenvalue weighted by molar-refractivity contribution is 5.99. The van der Waals surface area contributed by atoms with Gasteiger partial charge in [0.05, 0.1) is 18.2 Å². The number of hydrogen-bond donors (Lipinski definition) is 3. The summed E-state index contributed by atoms with van der Waals surface area (Å²) < 4.78 is 43.3. The quantitative estimate of drug-likeness (QED) is 0.719. The number of alkyl halides is 3. The van der Waals surface area contributed by atoms with Crippen LogP contribution in [0.1, 0.15) is 29.3 Å². The minimum absolute atomic E-state index is 0.0739. The Balaban J connectivity index is 3.27. The van der Waals surface area contributed by atoms with Crippen molar-refractivity contribution in [3.8, 4) is 5.75 Å². The molecule has 9 heteroatoms. The zero-order valence-corrected chi connectivity index (χ0v) is 11.8. The molecule has 6 nitrogen and oxygen atoms in total. The van der Waals surface area contributed by atoms with E-state index in [0.29, 0.717) is 6.07 Å². The van der Waals surface area contributed by atoms with Gasteiger partial charge in [0.25, 0.3) is 5.91 Å². The molecule has 0 aliphatic rings. The summed E-state index contributed by atoms with van der Waals surface area (Å²) in [5, 5.41) is 11.0. The normalized spacial score (nSPS) is 12.6. The molecule has 1 aromatic rings. The molecule has 0 spiro atoms. The Kier molecular flexibility index (Phi) is 5.23. The van der Waals surface area contributed by atoms with Crippen LogP contribution in [0.25, 0.3) is 0 Å². The van der Waals surface area contributed by atoms with Crippen molar-refractivity contribution in [1.29, 1.82) is 0 Å². The molecular weight excluding hydrogens is 305 g/mol. The van der Waals surface area contributed by atoms with E-state index in [-0.39, 0.29) is 12.2 Å². The molecule has 0 saturated carbocycles. The summed E-state index contributed by atoms with van der Waals surface area (Å²) >= 11 is 0. The van der Waals surface area contributed by atoms with E-state index in [4.69, 9.17) is 15.6 Å². The van der Waals surface area contributed by atoms with Gasteiger partial charge in [-0.1, -0.05) is 6.92 Å². The molecule has 0 aromatic heterocycles. The topological polar surface area (TPSA) is 102 Å². The van der Waals surface area contributed by atoms with Crippen LogP contribution >= 0.6 is 0 Å². The van der Waals surface area contributed by atoms with E-state index in [9.17, 15) is 22.8 Å². The van der Waals surface area contributed by atoms with Crippen molar-refractivity contribution < 1.29 is 32.6 Å². The molecule has 0 aliphatic carbocycles. The molecule has 4 N–H and O–H groups in total. The van der Waals surface area contributed by atoms with Gasteiger partial charge in [-0.25, -0.2) is 4.79 Å². The maximum atomic E-state index is 12.8. The molecule has 0 saturated heterocycles. The van der Waals surface area contributed by atoms with Crippen LogP contribution in [0.3, 0.4) is 0 Å². The molecule has 122 valence electrons. The number of anilines is 1. The maximum Gasteiger partial charge on any atom is 0.418 e. The van der Waals surface area contributed by atoms with Crippen LogP contribution in [-0.2, 0) is 11.0 Å². The first-order chi connectivity index (χ1) is 10.1. The SMILES string of the molecule is CC[C@@H](NC(=O)c1cc(C(F)(F)F)c(N)cc1OC)C(=O)O. The average molecular weight is 320 g/mol. The number of carbonyl (C=O) groups excluding carboxylic acids is 1. The van der Waals surface area contributed by atoms with Gasteiger partial charge in [-0.05, 0) is 12.5 Å². The van der Waals surface area contributed by atoms with Crippen LogP contribution in [0.5, 0.6) is 5.75 Å². The number of rotatable bonds is 5. The Hall–Kier alpha value is -2.45. The number of nitrogen functional groups attached to an aromatic ring is 1. The molecule has 0 heterocycles. The van der Waals surface area contributed by atoms with Crippen molar-refractivity contribution in [3.05, 3.63) is 23.3 Å². The smallest absolute Gasteiger partial charge is 0.418 e. The van der Waals surface area contributed by atoms with Gasteiger partial charge in [0.15, 0.2) is 0 Å². The summed E-state index contributed by atoms with van der Waals surface area (Å²) in [5.41, 5.74) is 3.08. The van der Waals surface area contributed by atoms with Crippen LogP contribution in [0.4, 0.5) is 18.9 Å². The average Bonchev–Trinajstić information content (AvgIpc) is 2.42. The summed E-state index contributed by atoms with van der Waals surface area (Å²) in [6.07, 6.45) is -4.67. The Morgan fingerprint density at radius 3 is 2.41 bits per heavy atom. The Morgan fingerprint density at radius 1 is 1.41 bits per heavy atom. The maximum absolute atomic E-state index is 12.8. The minimum Gasteiger partial charge on any atom is -0.496 e. The van der Waals surface area contributed by atoms with E-state index in [2.05, 4.69) is 5.32 Å². The number of methoxy groups -OCH3 is 1. The summed E-state index contributed by atoms with van der Waals surface area (Å²) in [7, 11) is 1.16. The van der Waals surface area contributed by atoms with Crippen LogP contribution in [0, 0.1) is 0 Å². The number of hydrogen-bond acceptors (Lipinski definition) is 4. The third kappa shape index (κ3) is 3.80. The second kappa shape index (κ2) is 6.54. The molecule has 1 rings (SSSR count). The predicted octanol–water partition coefficient (Wildman–Crippen LogP) is 1.89. The number of amides is 1. The van der Waals surface area contributed by atoms with Crippen LogP contribution in [0.15, 0.2) is 12.1 Å². The highest BCUT2D eigenvalue weighted by Crippen LogP contribution is 2.37. The zero-order valence-electron chi connectivity index (χ0n) is 11.8. The summed E-state index contributed by atoms with van der Waals surface area (Å²) in [6.45, 7) is 1.51. The Morgan fingerprint density at radius 2 is 2.00 bits per heavy atom. The number of ether oxygens (including phenoxy) is 1. The molecule has 0 bridgehead atoms. The lowest BCUT2D eigenvalue weighted by atomic mass is 10.1. The van der Waals surface area contributed by atoms with Crippen molar-refractivity contribution >= 4 is 17.6 Å². The molecule has 1 atom stereocenters. The predicted molar refractivity (Wildman–Crippen MR) is 71.6 cm³/mol. The van der Waals surface area contributed by atoms with Gasteiger partial charge in [-0.15, -0.1) is 0 Å². The first-order valence-corrected chi connectivity index (χ1v) is 6.20. The van der Waals surface area contributed by atoms with E-state index in [1.54, 1.807) is 0 Å². The molecular formula is C13H15F3N2O4. The van der Waals surface area contributed by atoms with Gasteiger partial charge in [0, 0.05) is 11.8 Å². The fourth-order valence-electron chi connectivity index (χ4n) is 1.76. The molecule has 1 amide bonds. The molecule has 0 fully saturated rings. The van der Waals surface area contributed by atoms with Crippen molar-refractivity contribution in [2.75, 3.05) is 12.8 Å². The first kappa shape index (κ1) is 17.6. The number of halogens is 3. The number of aliphatic carboxylic acids is 1. The molecule has 0 unspecified atom stereocenters. The fraction of sp³-hybridized carbons (Fsp3) is 0.385. The zero-order chi connectivity index (χ0) is 17.1. The molecule has 0 aliphatic heterocycles. The third-order valence-corrected chi connectivity index (χ3v) is 2.93. The van der Waals surface area contributed by atoms with E-state index < -0.39 is 40.9 Å². The molecule has 1 aromatic carbocycles. The highest BCUT2D eigenvalue weighted by atomic mass is 19.4. The summed E-state index contributed by atoms with van der Waals surface area (Å²) in [5.74, 6) is -2.46. The van der Waals surface area contributed by atoms with Crippen LogP contribution in [-0.4, -0.2) is 30.1 Å². The van der Waals surface area contributed by atoms with Crippen molar-refractivity contribution in [2.24, 2.45) is 0 Å². The molecule has 0 radical (unpaired) electrons. The van der Waals surface area contributed by atoms with Crippen LogP contribution in [0.2, 0.25) is 0 Å². The van der Waals surface area contributed by atoms with Crippen molar-refractivity contribution in [2.45, 2.75) is 25.6 Å². The van der Waals surface area contributed by atoms with E-state index in [0.717, 1.165) is 13.2 Å². The second-order valence-corrected chi connectivity index (χ2v) is 4.41.